The molecule has 2 N–H and O–H groups in total. The van der Waals surface area contributed by atoms with Crippen LogP contribution in [0, 0.1) is 0 Å². The van der Waals surface area contributed by atoms with Gasteiger partial charge < -0.3 is 15.2 Å². The van der Waals surface area contributed by atoms with Crippen LogP contribution in [0.5, 0.6) is 5.75 Å². The Labute approximate surface area is 109 Å². The first-order chi connectivity index (χ1) is 8.78. The zero-order valence-electron chi connectivity index (χ0n) is 11.1. The molecule has 3 nitrogen and oxygen atoms in total. The van der Waals surface area contributed by atoms with Crippen LogP contribution < -0.4 is 10.5 Å². The van der Waals surface area contributed by atoms with E-state index in [4.69, 9.17) is 15.2 Å². The molecule has 3 heteroatoms. The quantitative estimate of drug-likeness (QED) is 0.872. The molecule has 0 aliphatic heterocycles. The molecule has 18 heavy (non-hydrogen) atoms. The van der Waals surface area contributed by atoms with Gasteiger partial charge in [-0.05, 0) is 49.8 Å². The highest BCUT2D eigenvalue weighted by Crippen LogP contribution is 2.23. The van der Waals surface area contributed by atoms with Gasteiger partial charge in [0.15, 0.2) is 0 Å². The van der Waals surface area contributed by atoms with E-state index in [-0.39, 0.29) is 0 Å². The van der Waals surface area contributed by atoms with Crippen molar-refractivity contribution in [1.29, 1.82) is 0 Å². The summed E-state index contributed by atoms with van der Waals surface area (Å²) in [4.78, 5) is 0. The molecule has 0 bridgehead atoms. The summed E-state index contributed by atoms with van der Waals surface area (Å²) >= 11 is 0. The molecule has 0 heterocycles. The van der Waals surface area contributed by atoms with E-state index in [0.29, 0.717) is 12.1 Å². The molecule has 0 radical (unpaired) electrons. The molecule has 1 aliphatic rings. The molecular weight excluding hydrogens is 226 g/mol. The van der Waals surface area contributed by atoms with Crippen LogP contribution in [-0.4, -0.2) is 25.9 Å². The van der Waals surface area contributed by atoms with Crippen molar-refractivity contribution in [3.05, 3.63) is 29.8 Å². The van der Waals surface area contributed by atoms with E-state index in [1.54, 1.807) is 7.11 Å². The van der Waals surface area contributed by atoms with Crippen molar-refractivity contribution in [3.8, 4) is 5.75 Å². The van der Waals surface area contributed by atoms with Gasteiger partial charge in [0.05, 0.1) is 6.61 Å². The van der Waals surface area contributed by atoms with Gasteiger partial charge in [0.25, 0.3) is 0 Å². The van der Waals surface area contributed by atoms with E-state index in [1.165, 1.54) is 12.0 Å². The fraction of sp³-hybridized carbons (Fsp3) is 0.600. The summed E-state index contributed by atoms with van der Waals surface area (Å²) in [7, 11) is 1.73. The van der Waals surface area contributed by atoms with Crippen molar-refractivity contribution in [3.63, 3.8) is 0 Å². The first kappa shape index (κ1) is 13.4. The smallest absolute Gasteiger partial charge is 0.119 e. The lowest BCUT2D eigenvalue weighted by Crippen LogP contribution is -2.33. The summed E-state index contributed by atoms with van der Waals surface area (Å²) in [5.74, 6) is 0.954. The maximum absolute atomic E-state index is 5.97. The highest BCUT2D eigenvalue weighted by atomic mass is 16.5. The normalized spacial score (nSPS) is 23.9. The van der Waals surface area contributed by atoms with Gasteiger partial charge in [0.2, 0.25) is 0 Å². The van der Waals surface area contributed by atoms with Crippen molar-refractivity contribution in [1.82, 2.24) is 0 Å². The second-order valence-electron chi connectivity index (χ2n) is 5.05. The summed E-state index contributed by atoms with van der Waals surface area (Å²) in [6.45, 7) is 0.762. The molecule has 2 atom stereocenters. The predicted molar refractivity (Wildman–Crippen MR) is 72.9 cm³/mol. The van der Waals surface area contributed by atoms with Crippen molar-refractivity contribution >= 4 is 0 Å². The average molecular weight is 249 g/mol. The van der Waals surface area contributed by atoms with Gasteiger partial charge in [-0.3, -0.25) is 0 Å². The number of benzene rings is 1. The highest BCUT2D eigenvalue weighted by molar-refractivity contribution is 5.27. The lowest BCUT2D eigenvalue weighted by atomic mass is 9.93. The Bertz CT molecular complexity index is 350. The number of hydrogen-bond acceptors (Lipinski definition) is 3. The molecule has 1 fully saturated rings. The number of hydrogen-bond donors (Lipinski definition) is 1. The SMILES string of the molecule is COCCc1ccc(OC2CCCC(N)C2)cc1. The fourth-order valence-electron chi connectivity index (χ4n) is 2.44. The molecule has 100 valence electrons. The van der Waals surface area contributed by atoms with Crippen LogP contribution in [0.1, 0.15) is 31.2 Å². The van der Waals surface area contributed by atoms with E-state index < -0.39 is 0 Å². The molecule has 0 spiro atoms. The van der Waals surface area contributed by atoms with Gasteiger partial charge in [0, 0.05) is 13.2 Å². The number of rotatable bonds is 5. The molecule has 1 saturated carbocycles. The van der Waals surface area contributed by atoms with Crippen molar-refractivity contribution in [2.24, 2.45) is 5.73 Å². The average Bonchev–Trinajstić information content (AvgIpc) is 2.38. The Kier molecular flexibility index (Phi) is 5.02. The largest absolute Gasteiger partial charge is 0.490 e. The molecule has 0 saturated heterocycles. The minimum absolute atomic E-state index is 0.290. The van der Waals surface area contributed by atoms with Crippen LogP contribution in [0.3, 0.4) is 0 Å². The molecule has 0 amide bonds. The summed E-state index contributed by atoms with van der Waals surface area (Å²) in [6.07, 6.45) is 5.65. The molecule has 1 aromatic rings. The van der Waals surface area contributed by atoms with Crippen LogP contribution >= 0.6 is 0 Å². The van der Waals surface area contributed by atoms with Crippen LogP contribution in [-0.2, 0) is 11.2 Å². The third-order valence-corrected chi connectivity index (χ3v) is 3.49. The van der Waals surface area contributed by atoms with Crippen LogP contribution in [0.25, 0.3) is 0 Å². The molecule has 2 rings (SSSR count). The van der Waals surface area contributed by atoms with Crippen molar-refractivity contribution in [2.45, 2.75) is 44.2 Å². The number of methoxy groups -OCH3 is 1. The Balaban J connectivity index is 1.85. The zero-order valence-corrected chi connectivity index (χ0v) is 11.1. The van der Waals surface area contributed by atoms with Gasteiger partial charge in [-0.1, -0.05) is 12.1 Å². The monoisotopic (exact) mass is 249 g/mol. The molecule has 1 aliphatic carbocycles. The van der Waals surface area contributed by atoms with Gasteiger partial charge >= 0.3 is 0 Å². The third-order valence-electron chi connectivity index (χ3n) is 3.49. The van der Waals surface area contributed by atoms with Gasteiger partial charge in [-0.2, -0.15) is 0 Å². The number of nitrogens with two attached hydrogens (primary N) is 1. The summed E-state index contributed by atoms with van der Waals surface area (Å²) in [6, 6.07) is 8.62. The van der Waals surface area contributed by atoms with Crippen LogP contribution in [0.2, 0.25) is 0 Å². The Hall–Kier alpha value is -1.06. The van der Waals surface area contributed by atoms with E-state index in [0.717, 1.165) is 38.0 Å². The van der Waals surface area contributed by atoms with Crippen LogP contribution in [0.15, 0.2) is 24.3 Å². The topological polar surface area (TPSA) is 44.5 Å². The fourth-order valence-corrected chi connectivity index (χ4v) is 2.44. The second-order valence-corrected chi connectivity index (χ2v) is 5.05. The van der Waals surface area contributed by atoms with Gasteiger partial charge in [-0.15, -0.1) is 0 Å². The summed E-state index contributed by atoms with van der Waals surface area (Å²) < 4.78 is 11.0. The first-order valence-electron chi connectivity index (χ1n) is 6.78. The Morgan fingerprint density at radius 1 is 1.22 bits per heavy atom. The maximum atomic E-state index is 5.97. The zero-order chi connectivity index (χ0) is 12.8. The Morgan fingerprint density at radius 3 is 2.67 bits per heavy atom. The molecular formula is C15H23NO2. The minimum atomic E-state index is 0.290. The maximum Gasteiger partial charge on any atom is 0.119 e. The third kappa shape index (κ3) is 4.00. The van der Waals surface area contributed by atoms with Crippen molar-refractivity contribution < 1.29 is 9.47 Å². The lowest BCUT2D eigenvalue weighted by molar-refractivity contribution is 0.144. The lowest BCUT2D eigenvalue weighted by Gasteiger charge is -2.27. The predicted octanol–water partition coefficient (Wildman–Crippen LogP) is 2.52. The molecule has 0 aromatic heterocycles. The highest BCUT2D eigenvalue weighted by Gasteiger charge is 2.20. The molecule has 2 unspecified atom stereocenters. The van der Waals surface area contributed by atoms with E-state index in [9.17, 15) is 0 Å². The summed E-state index contributed by atoms with van der Waals surface area (Å²) in [5.41, 5.74) is 7.25. The minimum Gasteiger partial charge on any atom is -0.490 e. The van der Waals surface area contributed by atoms with Gasteiger partial charge in [-0.25, -0.2) is 0 Å². The van der Waals surface area contributed by atoms with E-state index >= 15 is 0 Å². The standard InChI is InChI=1S/C15H23NO2/c1-17-10-9-12-5-7-14(8-6-12)18-15-4-2-3-13(16)11-15/h5-8,13,15H,2-4,9-11,16H2,1H3. The Morgan fingerprint density at radius 2 is 2.00 bits per heavy atom. The van der Waals surface area contributed by atoms with E-state index in [1.807, 2.05) is 12.1 Å². The first-order valence-corrected chi connectivity index (χ1v) is 6.78. The van der Waals surface area contributed by atoms with Crippen molar-refractivity contribution in [2.75, 3.05) is 13.7 Å². The van der Waals surface area contributed by atoms with E-state index in [2.05, 4.69) is 12.1 Å². The second kappa shape index (κ2) is 6.76. The van der Waals surface area contributed by atoms with Crippen LogP contribution in [0.4, 0.5) is 0 Å². The summed E-state index contributed by atoms with van der Waals surface area (Å²) in [5, 5.41) is 0. The van der Waals surface area contributed by atoms with Gasteiger partial charge in [0.1, 0.15) is 11.9 Å². The molecule has 1 aromatic carbocycles. The number of ether oxygens (including phenoxy) is 2.